The fraction of sp³-hybridized carbons (Fsp3) is 0.882. The molecule has 1 saturated carbocycles. The number of carbonyl (C=O) groups is 1. The van der Waals surface area contributed by atoms with Crippen LogP contribution >= 0.6 is 0 Å². The van der Waals surface area contributed by atoms with E-state index in [2.05, 4.69) is 19.9 Å². The summed E-state index contributed by atoms with van der Waals surface area (Å²) in [5, 5.41) is 9.64. The number of amides is 1. The maximum atomic E-state index is 12.9. The molecule has 0 radical (unpaired) electrons. The van der Waals surface area contributed by atoms with Gasteiger partial charge in [-0.05, 0) is 25.7 Å². The SMILES string of the molecule is CCCCN(CCCC)C(=O)C1(C#N)CCCCCC1. The molecule has 114 valence electrons. The summed E-state index contributed by atoms with van der Waals surface area (Å²) in [4.78, 5) is 14.9. The summed E-state index contributed by atoms with van der Waals surface area (Å²) < 4.78 is 0. The van der Waals surface area contributed by atoms with Crippen molar-refractivity contribution in [3.63, 3.8) is 0 Å². The molecule has 0 N–H and O–H groups in total. The van der Waals surface area contributed by atoms with Gasteiger partial charge < -0.3 is 4.90 Å². The number of nitriles is 1. The number of carbonyl (C=O) groups excluding carboxylic acids is 1. The van der Waals surface area contributed by atoms with Crippen LogP contribution in [-0.2, 0) is 4.79 Å². The Bertz CT molecular complexity index is 316. The topological polar surface area (TPSA) is 44.1 Å². The second kappa shape index (κ2) is 9.00. The van der Waals surface area contributed by atoms with Crippen LogP contribution in [0, 0.1) is 16.7 Å². The van der Waals surface area contributed by atoms with Crippen molar-refractivity contribution in [2.75, 3.05) is 13.1 Å². The Morgan fingerprint density at radius 3 is 1.95 bits per heavy atom. The lowest BCUT2D eigenvalue weighted by Gasteiger charge is -2.32. The molecule has 0 saturated heterocycles. The van der Waals surface area contributed by atoms with Gasteiger partial charge in [0.25, 0.3) is 0 Å². The summed E-state index contributed by atoms with van der Waals surface area (Å²) in [7, 11) is 0. The van der Waals surface area contributed by atoms with E-state index in [-0.39, 0.29) is 5.91 Å². The third-order valence-electron chi connectivity index (χ3n) is 4.43. The zero-order valence-corrected chi connectivity index (χ0v) is 13.3. The van der Waals surface area contributed by atoms with Crippen LogP contribution in [0.15, 0.2) is 0 Å². The van der Waals surface area contributed by atoms with E-state index in [1.54, 1.807) is 0 Å². The molecule has 0 unspecified atom stereocenters. The predicted molar refractivity (Wildman–Crippen MR) is 82.1 cm³/mol. The van der Waals surface area contributed by atoms with E-state index < -0.39 is 5.41 Å². The number of nitrogens with zero attached hydrogens (tertiary/aromatic N) is 2. The first-order valence-corrected chi connectivity index (χ1v) is 8.41. The molecule has 20 heavy (non-hydrogen) atoms. The molecule has 1 rings (SSSR count). The predicted octanol–water partition coefficient (Wildman–Crippen LogP) is 4.28. The van der Waals surface area contributed by atoms with Crippen molar-refractivity contribution in [3.05, 3.63) is 0 Å². The molecule has 3 nitrogen and oxygen atoms in total. The lowest BCUT2D eigenvalue weighted by molar-refractivity contribution is -0.140. The van der Waals surface area contributed by atoms with E-state index >= 15 is 0 Å². The van der Waals surface area contributed by atoms with Crippen LogP contribution in [0.5, 0.6) is 0 Å². The largest absolute Gasteiger partial charge is 0.341 e. The molecule has 0 atom stereocenters. The zero-order chi connectivity index (χ0) is 14.8. The molecule has 1 fully saturated rings. The monoisotopic (exact) mass is 278 g/mol. The van der Waals surface area contributed by atoms with Gasteiger partial charge in [-0.2, -0.15) is 5.26 Å². The summed E-state index contributed by atoms with van der Waals surface area (Å²) in [5.41, 5.74) is -0.724. The van der Waals surface area contributed by atoms with Crippen molar-refractivity contribution in [1.29, 1.82) is 5.26 Å². The van der Waals surface area contributed by atoms with Gasteiger partial charge in [-0.1, -0.05) is 52.4 Å². The second-order valence-corrected chi connectivity index (χ2v) is 6.11. The summed E-state index contributed by atoms with van der Waals surface area (Å²) in [6.45, 7) is 5.93. The highest BCUT2D eigenvalue weighted by molar-refractivity contribution is 5.85. The smallest absolute Gasteiger partial charge is 0.243 e. The first-order valence-electron chi connectivity index (χ1n) is 8.41. The van der Waals surface area contributed by atoms with E-state index in [0.29, 0.717) is 0 Å². The van der Waals surface area contributed by atoms with Crippen molar-refractivity contribution in [1.82, 2.24) is 4.90 Å². The number of unbranched alkanes of at least 4 members (excludes halogenated alkanes) is 2. The van der Waals surface area contributed by atoms with Crippen molar-refractivity contribution >= 4 is 5.91 Å². The Kier molecular flexibility index (Phi) is 7.65. The minimum absolute atomic E-state index is 0.115. The van der Waals surface area contributed by atoms with Crippen molar-refractivity contribution in [2.24, 2.45) is 5.41 Å². The molecule has 0 spiro atoms. The molecule has 1 amide bonds. The highest BCUT2D eigenvalue weighted by Gasteiger charge is 2.41. The number of hydrogen-bond acceptors (Lipinski definition) is 2. The maximum absolute atomic E-state index is 12.9. The van der Waals surface area contributed by atoms with E-state index in [0.717, 1.165) is 64.5 Å². The summed E-state index contributed by atoms with van der Waals surface area (Å²) >= 11 is 0. The Labute approximate surface area is 124 Å². The molecule has 1 aliphatic rings. The van der Waals surface area contributed by atoms with Crippen LogP contribution in [0.1, 0.15) is 78.1 Å². The minimum atomic E-state index is -0.724. The van der Waals surface area contributed by atoms with E-state index in [1.165, 1.54) is 12.8 Å². The van der Waals surface area contributed by atoms with E-state index in [9.17, 15) is 10.1 Å². The highest BCUT2D eigenvalue weighted by atomic mass is 16.2. The van der Waals surface area contributed by atoms with Gasteiger partial charge in [-0.3, -0.25) is 4.79 Å². The van der Waals surface area contributed by atoms with Gasteiger partial charge in [0.15, 0.2) is 0 Å². The Balaban J connectivity index is 2.79. The Morgan fingerprint density at radius 1 is 1.05 bits per heavy atom. The Hall–Kier alpha value is -1.04. The van der Waals surface area contributed by atoms with Crippen molar-refractivity contribution in [2.45, 2.75) is 78.1 Å². The lowest BCUT2D eigenvalue weighted by Crippen LogP contribution is -2.44. The number of rotatable bonds is 7. The van der Waals surface area contributed by atoms with Gasteiger partial charge in [0, 0.05) is 13.1 Å². The van der Waals surface area contributed by atoms with Crippen LogP contribution in [0.3, 0.4) is 0 Å². The van der Waals surface area contributed by atoms with Gasteiger partial charge in [0.2, 0.25) is 5.91 Å². The molecule has 0 aromatic heterocycles. The molecule has 3 heteroatoms. The maximum Gasteiger partial charge on any atom is 0.243 e. The third kappa shape index (κ3) is 4.51. The minimum Gasteiger partial charge on any atom is -0.341 e. The summed E-state index contributed by atoms with van der Waals surface area (Å²) in [5.74, 6) is 0.115. The first kappa shape index (κ1) is 17.0. The fourth-order valence-electron chi connectivity index (χ4n) is 3.02. The zero-order valence-electron chi connectivity index (χ0n) is 13.3. The van der Waals surface area contributed by atoms with Crippen LogP contribution < -0.4 is 0 Å². The fourth-order valence-corrected chi connectivity index (χ4v) is 3.02. The second-order valence-electron chi connectivity index (χ2n) is 6.11. The molecular formula is C17H30N2O. The standard InChI is InChI=1S/C17H30N2O/c1-3-5-13-19(14-6-4-2)16(20)17(15-18)11-9-7-8-10-12-17/h3-14H2,1-2H3. The molecule has 1 aliphatic carbocycles. The molecule has 0 aromatic carbocycles. The average Bonchev–Trinajstić information content (AvgIpc) is 2.73. The number of hydrogen-bond donors (Lipinski definition) is 0. The van der Waals surface area contributed by atoms with E-state index in [1.807, 2.05) is 4.90 Å². The Morgan fingerprint density at radius 2 is 1.55 bits per heavy atom. The van der Waals surface area contributed by atoms with Crippen molar-refractivity contribution < 1.29 is 4.79 Å². The summed E-state index contributed by atoms with van der Waals surface area (Å²) in [6, 6.07) is 2.40. The normalized spacial score (nSPS) is 18.1. The van der Waals surface area contributed by atoms with Crippen LogP contribution in [0.4, 0.5) is 0 Å². The van der Waals surface area contributed by atoms with Crippen LogP contribution in [-0.4, -0.2) is 23.9 Å². The molecule has 0 bridgehead atoms. The van der Waals surface area contributed by atoms with Gasteiger partial charge in [0.1, 0.15) is 5.41 Å². The average molecular weight is 278 g/mol. The van der Waals surface area contributed by atoms with Crippen LogP contribution in [0.2, 0.25) is 0 Å². The van der Waals surface area contributed by atoms with Gasteiger partial charge in [-0.25, -0.2) is 0 Å². The quantitative estimate of drug-likeness (QED) is 0.652. The van der Waals surface area contributed by atoms with Gasteiger partial charge >= 0.3 is 0 Å². The third-order valence-corrected chi connectivity index (χ3v) is 4.43. The van der Waals surface area contributed by atoms with E-state index in [4.69, 9.17) is 0 Å². The van der Waals surface area contributed by atoms with Crippen LogP contribution in [0.25, 0.3) is 0 Å². The van der Waals surface area contributed by atoms with Crippen molar-refractivity contribution in [3.8, 4) is 6.07 Å². The lowest BCUT2D eigenvalue weighted by atomic mass is 9.80. The summed E-state index contributed by atoms with van der Waals surface area (Å²) in [6.07, 6.45) is 10.2. The molecular weight excluding hydrogens is 248 g/mol. The molecule has 0 aromatic rings. The molecule has 0 aliphatic heterocycles. The highest BCUT2D eigenvalue weighted by Crippen LogP contribution is 2.36. The van der Waals surface area contributed by atoms with Gasteiger partial charge in [0.05, 0.1) is 6.07 Å². The molecule has 0 heterocycles. The first-order chi connectivity index (χ1) is 9.70. The van der Waals surface area contributed by atoms with Gasteiger partial charge in [-0.15, -0.1) is 0 Å².